The lowest BCUT2D eigenvalue weighted by molar-refractivity contribution is -0.119. The predicted molar refractivity (Wildman–Crippen MR) is 96.6 cm³/mol. The number of rotatable bonds is 4. The maximum atomic E-state index is 12.8. The molecule has 0 fully saturated rings. The Kier molecular flexibility index (Phi) is 5.03. The quantitative estimate of drug-likeness (QED) is 0.880. The second kappa shape index (κ2) is 7.40. The van der Waals surface area contributed by atoms with Crippen molar-refractivity contribution in [2.24, 2.45) is 5.92 Å². The van der Waals surface area contributed by atoms with Gasteiger partial charge in [-0.15, -0.1) is 0 Å². The highest BCUT2D eigenvalue weighted by molar-refractivity contribution is 6.05. The molecule has 1 aromatic heterocycles. The number of carbonyl (C=O) groups excluding carboxylic acids is 2. The van der Waals surface area contributed by atoms with Crippen molar-refractivity contribution in [2.45, 2.75) is 33.2 Å². The molecule has 0 spiro atoms. The molecule has 2 amide bonds. The lowest BCUT2D eigenvalue weighted by Crippen LogP contribution is -2.32. The average molecular weight is 351 g/mol. The van der Waals surface area contributed by atoms with E-state index in [4.69, 9.17) is 5.26 Å². The Hall–Kier alpha value is -3.14. The van der Waals surface area contributed by atoms with Gasteiger partial charge in [-0.2, -0.15) is 10.4 Å². The highest BCUT2D eigenvalue weighted by Gasteiger charge is 2.25. The van der Waals surface area contributed by atoms with Gasteiger partial charge in [0, 0.05) is 25.7 Å². The molecule has 134 valence electrons. The molecular formula is C19H21N5O2. The van der Waals surface area contributed by atoms with E-state index in [1.807, 2.05) is 17.7 Å². The van der Waals surface area contributed by atoms with Crippen LogP contribution in [-0.2, 0) is 17.8 Å². The first-order chi connectivity index (χ1) is 12.5. The summed E-state index contributed by atoms with van der Waals surface area (Å²) in [6.07, 6.45) is 3.20. The van der Waals surface area contributed by atoms with Crippen LogP contribution in [0.4, 0.5) is 5.69 Å². The van der Waals surface area contributed by atoms with Crippen molar-refractivity contribution in [2.75, 3.05) is 11.9 Å². The van der Waals surface area contributed by atoms with Crippen LogP contribution in [0.25, 0.3) is 0 Å². The number of nitriles is 1. The highest BCUT2D eigenvalue weighted by Crippen LogP contribution is 2.24. The third kappa shape index (κ3) is 3.75. The lowest BCUT2D eigenvalue weighted by Gasteiger charge is -2.24. The molecule has 0 saturated carbocycles. The van der Waals surface area contributed by atoms with Gasteiger partial charge in [-0.1, -0.05) is 6.07 Å². The van der Waals surface area contributed by atoms with E-state index in [-0.39, 0.29) is 11.8 Å². The summed E-state index contributed by atoms with van der Waals surface area (Å²) in [6.45, 7) is 4.72. The van der Waals surface area contributed by atoms with Gasteiger partial charge in [0.2, 0.25) is 5.91 Å². The SMILES string of the molecule is CC(=O)NCC1CCn2ncc(C(=O)Nc3cc(C#N)ccc3C)c2C1. The van der Waals surface area contributed by atoms with Crippen LogP contribution in [0.1, 0.15) is 40.5 Å². The first kappa shape index (κ1) is 17.7. The van der Waals surface area contributed by atoms with Crippen LogP contribution < -0.4 is 10.6 Å². The minimum absolute atomic E-state index is 0.0464. The van der Waals surface area contributed by atoms with E-state index in [9.17, 15) is 9.59 Å². The molecule has 1 aliphatic rings. The predicted octanol–water partition coefficient (Wildman–Crippen LogP) is 2.01. The number of benzene rings is 1. The molecule has 1 atom stereocenters. The number of aromatic nitrogens is 2. The van der Waals surface area contributed by atoms with Crippen LogP contribution >= 0.6 is 0 Å². The molecule has 0 radical (unpaired) electrons. The smallest absolute Gasteiger partial charge is 0.259 e. The minimum Gasteiger partial charge on any atom is -0.356 e. The molecule has 2 N–H and O–H groups in total. The van der Waals surface area contributed by atoms with Crippen LogP contribution in [0.3, 0.4) is 0 Å². The Balaban J connectivity index is 1.77. The molecule has 1 aliphatic heterocycles. The summed E-state index contributed by atoms with van der Waals surface area (Å²) in [4.78, 5) is 23.9. The fourth-order valence-corrected chi connectivity index (χ4v) is 3.17. The summed E-state index contributed by atoms with van der Waals surface area (Å²) in [5.74, 6) is 0.0119. The van der Waals surface area contributed by atoms with Crippen LogP contribution in [-0.4, -0.2) is 28.1 Å². The Morgan fingerprint density at radius 3 is 2.96 bits per heavy atom. The first-order valence-electron chi connectivity index (χ1n) is 8.59. The molecule has 7 heteroatoms. The van der Waals surface area contributed by atoms with Gasteiger partial charge in [0.05, 0.1) is 29.1 Å². The average Bonchev–Trinajstić information content (AvgIpc) is 3.05. The summed E-state index contributed by atoms with van der Waals surface area (Å²) in [6, 6.07) is 7.28. The van der Waals surface area contributed by atoms with Crippen LogP contribution in [0.15, 0.2) is 24.4 Å². The Bertz CT molecular complexity index is 894. The zero-order valence-corrected chi connectivity index (χ0v) is 14.9. The zero-order valence-electron chi connectivity index (χ0n) is 14.9. The Morgan fingerprint density at radius 1 is 1.42 bits per heavy atom. The van der Waals surface area contributed by atoms with Crippen LogP contribution in [0, 0.1) is 24.2 Å². The molecule has 0 saturated heterocycles. The van der Waals surface area contributed by atoms with Crippen LogP contribution in [0.2, 0.25) is 0 Å². The van der Waals surface area contributed by atoms with Gasteiger partial charge in [0.1, 0.15) is 0 Å². The van der Waals surface area contributed by atoms with E-state index < -0.39 is 0 Å². The topological polar surface area (TPSA) is 99.8 Å². The van der Waals surface area contributed by atoms with E-state index in [0.717, 1.165) is 24.2 Å². The van der Waals surface area contributed by atoms with Gasteiger partial charge >= 0.3 is 0 Å². The highest BCUT2D eigenvalue weighted by atomic mass is 16.2. The maximum Gasteiger partial charge on any atom is 0.259 e. The number of nitrogens with zero attached hydrogens (tertiary/aromatic N) is 3. The van der Waals surface area contributed by atoms with Gasteiger partial charge < -0.3 is 10.6 Å². The van der Waals surface area contributed by atoms with Crippen molar-refractivity contribution in [3.05, 3.63) is 46.8 Å². The second-order valence-corrected chi connectivity index (χ2v) is 6.62. The summed E-state index contributed by atoms with van der Waals surface area (Å²) in [7, 11) is 0. The molecule has 0 bridgehead atoms. The maximum absolute atomic E-state index is 12.8. The van der Waals surface area contributed by atoms with Crippen molar-refractivity contribution >= 4 is 17.5 Å². The fourth-order valence-electron chi connectivity index (χ4n) is 3.17. The number of hydrogen-bond donors (Lipinski definition) is 2. The van der Waals surface area contributed by atoms with Crippen LogP contribution in [0.5, 0.6) is 0 Å². The number of amides is 2. The molecule has 2 heterocycles. The summed E-state index contributed by atoms with van der Waals surface area (Å²) >= 11 is 0. The number of fused-ring (bicyclic) bond motifs is 1. The molecule has 7 nitrogen and oxygen atoms in total. The second-order valence-electron chi connectivity index (χ2n) is 6.62. The largest absolute Gasteiger partial charge is 0.356 e. The summed E-state index contributed by atoms with van der Waals surface area (Å²) in [5.41, 5.74) is 3.44. The fraction of sp³-hybridized carbons (Fsp3) is 0.368. The van der Waals surface area contributed by atoms with Crippen molar-refractivity contribution < 1.29 is 9.59 Å². The van der Waals surface area contributed by atoms with Gasteiger partial charge in [-0.05, 0) is 43.4 Å². The van der Waals surface area contributed by atoms with E-state index >= 15 is 0 Å². The Morgan fingerprint density at radius 2 is 2.23 bits per heavy atom. The number of anilines is 1. The van der Waals surface area contributed by atoms with E-state index in [1.54, 1.807) is 18.3 Å². The molecule has 0 aliphatic carbocycles. The zero-order chi connectivity index (χ0) is 18.7. The molecular weight excluding hydrogens is 330 g/mol. The van der Waals surface area contributed by atoms with Gasteiger partial charge in [-0.3, -0.25) is 14.3 Å². The van der Waals surface area contributed by atoms with Crippen molar-refractivity contribution in [1.82, 2.24) is 15.1 Å². The third-order valence-electron chi connectivity index (χ3n) is 4.68. The molecule has 1 unspecified atom stereocenters. The van der Waals surface area contributed by atoms with Gasteiger partial charge in [-0.25, -0.2) is 0 Å². The van der Waals surface area contributed by atoms with Crippen molar-refractivity contribution in [1.29, 1.82) is 5.26 Å². The first-order valence-corrected chi connectivity index (χ1v) is 8.59. The Labute approximate surface area is 152 Å². The third-order valence-corrected chi connectivity index (χ3v) is 4.68. The summed E-state index contributed by atoms with van der Waals surface area (Å²) < 4.78 is 1.86. The standard InChI is InChI=1S/C19H21N5O2/c1-12-3-4-14(9-20)7-17(12)23-19(26)16-11-22-24-6-5-15(8-18(16)24)10-21-13(2)25/h3-4,7,11,15H,5-6,8,10H2,1-2H3,(H,21,25)(H,23,26). The number of hydrogen-bond acceptors (Lipinski definition) is 4. The lowest BCUT2D eigenvalue weighted by atomic mass is 9.94. The molecule has 2 aromatic rings. The molecule has 1 aromatic carbocycles. The molecule has 3 rings (SSSR count). The molecule has 26 heavy (non-hydrogen) atoms. The normalized spacial score (nSPS) is 15.7. The number of carbonyl (C=O) groups is 2. The van der Waals surface area contributed by atoms with E-state index in [1.165, 1.54) is 6.92 Å². The van der Waals surface area contributed by atoms with Crippen molar-refractivity contribution in [3.63, 3.8) is 0 Å². The van der Waals surface area contributed by atoms with E-state index in [0.29, 0.717) is 35.7 Å². The minimum atomic E-state index is -0.232. The van der Waals surface area contributed by atoms with E-state index in [2.05, 4.69) is 21.8 Å². The van der Waals surface area contributed by atoms with Gasteiger partial charge in [0.15, 0.2) is 0 Å². The monoisotopic (exact) mass is 351 g/mol. The van der Waals surface area contributed by atoms with Crippen molar-refractivity contribution in [3.8, 4) is 6.07 Å². The number of nitrogens with one attached hydrogen (secondary N) is 2. The number of aryl methyl sites for hydroxylation is 2. The summed E-state index contributed by atoms with van der Waals surface area (Å²) in [5, 5.41) is 19.1. The van der Waals surface area contributed by atoms with Gasteiger partial charge in [0.25, 0.3) is 5.91 Å².